The molecule has 0 radical (unpaired) electrons. The number of amides is 3. The zero-order valence-electron chi connectivity index (χ0n) is 15.5. The fourth-order valence-corrected chi connectivity index (χ4v) is 4.18. The Morgan fingerprint density at radius 2 is 1.79 bits per heavy atom. The average molecular weight is 399 g/mol. The van der Waals surface area contributed by atoms with Gasteiger partial charge in [0, 0.05) is 22.2 Å². The molecule has 2 heterocycles. The number of aromatic nitrogens is 1. The van der Waals surface area contributed by atoms with Crippen LogP contribution in [-0.2, 0) is 9.59 Å². The normalized spacial score (nSPS) is 16.6. The molecule has 144 valence electrons. The zero-order valence-corrected chi connectivity index (χ0v) is 16.3. The first kappa shape index (κ1) is 18.5. The van der Waals surface area contributed by atoms with Crippen molar-refractivity contribution in [3.8, 4) is 0 Å². The van der Waals surface area contributed by atoms with E-state index in [2.05, 4.69) is 10.3 Å². The Hall–Kier alpha value is -2.87. The Labute approximate surface area is 165 Å². The number of benzene rings is 1. The van der Waals surface area contributed by atoms with Gasteiger partial charge in [0.1, 0.15) is 11.5 Å². The number of nitrogens with one attached hydrogen (secondary N) is 1. The van der Waals surface area contributed by atoms with Crippen LogP contribution in [0.2, 0.25) is 0 Å². The van der Waals surface area contributed by atoms with Crippen molar-refractivity contribution in [2.75, 3.05) is 10.2 Å². The van der Waals surface area contributed by atoms with E-state index in [-0.39, 0.29) is 17.1 Å². The van der Waals surface area contributed by atoms with Gasteiger partial charge in [-0.15, -0.1) is 11.3 Å². The first-order valence-electron chi connectivity index (χ1n) is 9.01. The van der Waals surface area contributed by atoms with Gasteiger partial charge in [0.05, 0.1) is 10.7 Å². The molecule has 6 nitrogen and oxygen atoms in total. The fraction of sp³-hybridized carbons (Fsp3) is 0.300. The second kappa shape index (κ2) is 6.94. The molecule has 0 bridgehead atoms. The largest absolute Gasteiger partial charge is 0.320 e. The summed E-state index contributed by atoms with van der Waals surface area (Å²) in [6, 6.07) is 2.56. The predicted octanol–water partition coefficient (Wildman–Crippen LogP) is 3.90. The molecular weight excluding hydrogens is 381 g/mol. The molecule has 1 aliphatic carbocycles. The van der Waals surface area contributed by atoms with Crippen molar-refractivity contribution in [1.29, 1.82) is 0 Å². The molecule has 4 rings (SSSR count). The number of anilines is 2. The van der Waals surface area contributed by atoms with E-state index in [1.54, 1.807) is 19.2 Å². The third kappa shape index (κ3) is 3.03. The summed E-state index contributed by atoms with van der Waals surface area (Å²) in [7, 11) is 0. The van der Waals surface area contributed by atoms with Gasteiger partial charge in [-0.05, 0) is 57.2 Å². The van der Waals surface area contributed by atoms with Crippen molar-refractivity contribution in [3.63, 3.8) is 0 Å². The van der Waals surface area contributed by atoms with Crippen LogP contribution in [0.3, 0.4) is 0 Å². The van der Waals surface area contributed by atoms with Crippen LogP contribution < -0.4 is 10.2 Å². The smallest absolute Gasteiger partial charge is 0.275 e. The molecule has 0 saturated carbocycles. The Kier molecular flexibility index (Phi) is 4.58. The van der Waals surface area contributed by atoms with Crippen LogP contribution in [0.15, 0.2) is 28.7 Å². The highest BCUT2D eigenvalue weighted by atomic mass is 32.1. The van der Waals surface area contributed by atoms with Crippen molar-refractivity contribution >= 4 is 40.4 Å². The van der Waals surface area contributed by atoms with Crippen LogP contribution in [-0.4, -0.2) is 22.7 Å². The molecule has 3 amide bonds. The third-order valence-corrected chi connectivity index (χ3v) is 5.80. The summed E-state index contributed by atoms with van der Waals surface area (Å²) in [5.41, 5.74) is 2.00. The number of halogens is 1. The van der Waals surface area contributed by atoms with E-state index >= 15 is 0 Å². The maximum absolute atomic E-state index is 14.8. The van der Waals surface area contributed by atoms with Gasteiger partial charge >= 0.3 is 0 Å². The lowest BCUT2D eigenvalue weighted by atomic mass is 9.93. The van der Waals surface area contributed by atoms with Crippen molar-refractivity contribution < 1.29 is 18.8 Å². The number of carbonyl (C=O) groups excluding carboxylic acids is 3. The second-order valence-electron chi connectivity index (χ2n) is 6.93. The first-order chi connectivity index (χ1) is 13.4. The van der Waals surface area contributed by atoms with Crippen LogP contribution in [0, 0.1) is 19.7 Å². The van der Waals surface area contributed by atoms with Crippen LogP contribution in [0.4, 0.5) is 15.8 Å². The van der Waals surface area contributed by atoms with Gasteiger partial charge < -0.3 is 5.32 Å². The first-order valence-corrected chi connectivity index (χ1v) is 9.89. The van der Waals surface area contributed by atoms with E-state index in [1.807, 2.05) is 0 Å². The van der Waals surface area contributed by atoms with Gasteiger partial charge in [0.15, 0.2) is 0 Å². The third-order valence-electron chi connectivity index (χ3n) is 5.02. The highest BCUT2D eigenvalue weighted by molar-refractivity contribution is 7.09. The minimum Gasteiger partial charge on any atom is -0.320 e. The maximum Gasteiger partial charge on any atom is 0.275 e. The summed E-state index contributed by atoms with van der Waals surface area (Å²) in [6.07, 6.45) is 2.82. The number of nitrogens with zero attached hydrogens (tertiary/aromatic N) is 2. The number of rotatable bonds is 3. The summed E-state index contributed by atoms with van der Waals surface area (Å²) in [5.74, 6) is -2.05. The fourth-order valence-electron chi connectivity index (χ4n) is 3.58. The van der Waals surface area contributed by atoms with Gasteiger partial charge in [-0.2, -0.15) is 0 Å². The molecule has 0 saturated heterocycles. The number of hydrogen-bond acceptors (Lipinski definition) is 5. The van der Waals surface area contributed by atoms with Crippen molar-refractivity contribution in [2.45, 2.75) is 39.5 Å². The van der Waals surface area contributed by atoms with E-state index in [0.29, 0.717) is 29.6 Å². The van der Waals surface area contributed by atoms with E-state index in [0.717, 1.165) is 28.8 Å². The van der Waals surface area contributed by atoms with E-state index in [4.69, 9.17) is 0 Å². The van der Waals surface area contributed by atoms with Crippen LogP contribution in [0.5, 0.6) is 0 Å². The Bertz CT molecular complexity index is 1030. The Balaban J connectivity index is 1.62. The lowest BCUT2D eigenvalue weighted by Gasteiger charge is -2.18. The summed E-state index contributed by atoms with van der Waals surface area (Å²) >= 11 is 1.35. The molecule has 0 spiro atoms. The minimum atomic E-state index is -0.739. The summed E-state index contributed by atoms with van der Waals surface area (Å²) in [5, 5.41) is 5.02. The average Bonchev–Trinajstić information content (AvgIpc) is 3.21. The highest BCUT2D eigenvalue weighted by Crippen LogP contribution is 2.37. The maximum atomic E-state index is 14.8. The van der Waals surface area contributed by atoms with Gasteiger partial charge in [0.25, 0.3) is 17.7 Å². The van der Waals surface area contributed by atoms with E-state index in [9.17, 15) is 18.8 Å². The minimum absolute atomic E-state index is 0.0793. The number of aryl methyl sites for hydroxylation is 2. The number of thiazole rings is 1. The summed E-state index contributed by atoms with van der Waals surface area (Å²) < 4.78 is 14.8. The van der Waals surface area contributed by atoms with Crippen LogP contribution >= 0.6 is 11.3 Å². The number of imide groups is 1. The molecule has 0 fully saturated rings. The summed E-state index contributed by atoms with van der Waals surface area (Å²) in [6.45, 7) is 3.47. The quantitative estimate of drug-likeness (QED) is 0.794. The second-order valence-corrected chi connectivity index (χ2v) is 8.00. The van der Waals surface area contributed by atoms with Crippen LogP contribution in [0.25, 0.3) is 0 Å². The molecule has 0 unspecified atom stereocenters. The standard InChI is InChI=1S/C20H18FN3O3S/c1-10-7-17(24-19(26)12-5-3-4-6-13(12)20(24)27)14(21)8-15(10)23-18(25)16-9-28-11(2)22-16/h7-9H,3-6H2,1-2H3,(H,23,25). The van der Waals surface area contributed by atoms with E-state index in [1.165, 1.54) is 17.4 Å². The molecule has 1 aromatic carbocycles. The van der Waals surface area contributed by atoms with Gasteiger partial charge in [-0.25, -0.2) is 14.3 Å². The molecule has 1 aliphatic heterocycles. The molecule has 2 aliphatic rings. The Morgan fingerprint density at radius 3 is 2.36 bits per heavy atom. The SMILES string of the molecule is Cc1nc(C(=O)Nc2cc(F)c(N3C(=O)C4=C(CCCC4)C3=O)cc2C)cs1. The molecule has 0 atom stereocenters. The van der Waals surface area contributed by atoms with Crippen molar-refractivity contribution in [1.82, 2.24) is 4.98 Å². The Morgan fingerprint density at radius 1 is 1.14 bits per heavy atom. The molecule has 2 aromatic rings. The molecule has 28 heavy (non-hydrogen) atoms. The van der Waals surface area contributed by atoms with Crippen LogP contribution in [0.1, 0.15) is 46.7 Å². The van der Waals surface area contributed by atoms with Gasteiger partial charge in [-0.1, -0.05) is 0 Å². The lowest BCUT2D eigenvalue weighted by molar-refractivity contribution is -0.120. The number of hydrogen-bond donors (Lipinski definition) is 1. The monoisotopic (exact) mass is 399 g/mol. The lowest BCUT2D eigenvalue weighted by Crippen LogP contribution is -2.32. The van der Waals surface area contributed by atoms with Crippen molar-refractivity contribution in [2.24, 2.45) is 0 Å². The molecular formula is C20H18FN3O3S. The zero-order chi connectivity index (χ0) is 20.0. The predicted molar refractivity (Wildman–Crippen MR) is 104 cm³/mol. The molecule has 8 heteroatoms. The van der Waals surface area contributed by atoms with E-state index < -0.39 is 23.5 Å². The van der Waals surface area contributed by atoms with Crippen molar-refractivity contribution in [3.05, 3.63) is 50.7 Å². The highest BCUT2D eigenvalue weighted by Gasteiger charge is 2.40. The molecule has 1 N–H and O–H groups in total. The van der Waals surface area contributed by atoms with Gasteiger partial charge in [0.2, 0.25) is 0 Å². The topological polar surface area (TPSA) is 79.4 Å². The molecule has 1 aromatic heterocycles. The summed E-state index contributed by atoms with van der Waals surface area (Å²) in [4.78, 5) is 42.7. The van der Waals surface area contributed by atoms with Gasteiger partial charge in [-0.3, -0.25) is 14.4 Å². The number of carbonyl (C=O) groups is 3.